The van der Waals surface area contributed by atoms with Crippen LogP contribution in [0.2, 0.25) is 0 Å². The van der Waals surface area contributed by atoms with Crippen molar-refractivity contribution < 1.29 is 9.47 Å². The maximum absolute atomic E-state index is 9.57. The van der Waals surface area contributed by atoms with Gasteiger partial charge < -0.3 is 9.47 Å². The van der Waals surface area contributed by atoms with Crippen molar-refractivity contribution in [1.29, 1.82) is 5.26 Å². The van der Waals surface area contributed by atoms with E-state index in [9.17, 15) is 5.26 Å². The van der Waals surface area contributed by atoms with Crippen LogP contribution in [0.3, 0.4) is 0 Å². The first kappa shape index (κ1) is 17.8. The summed E-state index contributed by atoms with van der Waals surface area (Å²) in [7, 11) is 0. The Morgan fingerprint density at radius 1 is 1.05 bits per heavy atom. The van der Waals surface area contributed by atoms with E-state index in [1.54, 1.807) is 0 Å². The summed E-state index contributed by atoms with van der Waals surface area (Å²) in [5.41, 5.74) is -0.0646. The number of hydrogen-bond acceptors (Lipinski definition) is 3. The Balaban J connectivity index is 1.74. The van der Waals surface area contributed by atoms with Crippen molar-refractivity contribution >= 4 is 0 Å². The van der Waals surface area contributed by atoms with E-state index >= 15 is 0 Å². The molecule has 0 aromatic rings. The first-order valence-electron chi connectivity index (χ1n) is 9.37. The van der Waals surface area contributed by atoms with Gasteiger partial charge in [0.2, 0.25) is 0 Å². The Kier molecular flexibility index (Phi) is 7.18. The molecule has 2 fully saturated rings. The molecule has 2 rings (SSSR count). The molecule has 3 heteroatoms. The lowest BCUT2D eigenvalue weighted by atomic mass is 9.68. The van der Waals surface area contributed by atoms with Crippen LogP contribution in [-0.2, 0) is 9.47 Å². The summed E-state index contributed by atoms with van der Waals surface area (Å²) in [6, 6.07) is 2.62. The van der Waals surface area contributed by atoms with Crippen LogP contribution in [0.1, 0.15) is 78.1 Å². The molecule has 0 radical (unpaired) electrons. The zero-order valence-corrected chi connectivity index (χ0v) is 14.5. The fourth-order valence-corrected chi connectivity index (χ4v) is 3.89. The maximum atomic E-state index is 9.57. The van der Waals surface area contributed by atoms with Crippen LogP contribution in [0.5, 0.6) is 0 Å². The van der Waals surface area contributed by atoms with Crippen LogP contribution in [0.15, 0.2) is 0 Å². The van der Waals surface area contributed by atoms with Crippen LogP contribution < -0.4 is 0 Å². The smallest absolute Gasteiger partial charge is 0.160 e. The zero-order chi connectivity index (χ0) is 15.8. The molecule has 0 unspecified atom stereocenters. The minimum Gasteiger partial charge on any atom is -0.352 e. The highest BCUT2D eigenvalue weighted by atomic mass is 16.7. The average Bonchev–Trinajstić information content (AvgIpc) is 2.59. The lowest BCUT2D eigenvalue weighted by Gasteiger charge is -2.40. The normalized spacial score (nSPS) is 36.0. The van der Waals surface area contributed by atoms with Gasteiger partial charge in [0, 0.05) is 11.8 Å². The molecular weight excluding hydrogens is 274 g/mol. The van der Waals surface area contributed by atoms with Gasteiger partial charge in [-0.1, -0.05) is 39.5 Å². The Morgan fingerprint density at radius 2 is 1.68 bits per heavy atom. The molecule has 3 nitrogen and oxygen atoms in total. The van der Waals surface area contributed by atoms with Gasteiger partial charge in [0.1, 0.15) is 0 Å². The molecule has 1 aliphatic carbocycles. The summed E-state index contributed by atoms with van der Waals surface area (Å²) in [4.78, 5) is 0. The van der Waals surface area contributed by atoms with Gasteiger partial charge in [0.15, 0.2) is 6.29 Å². The predicted molar refractivity (Wildman–Crippen MR) is 88.2 cm³/mol. The van der Waals surface area contributed by atoms with Gasteiger partial charge in [-0.2, -0.15) is 5.26 Å². The van der Waals surface area contributed by atoms with E-state index in [2.05, 4.69) is 19.9 Å². The summed E-state index contributed by atoms with van der Waals surface area (Å²) >= 11 is 0. The third kappa shape index (κ3) is 4.70. The minimum absolute atomic E-state index is 0.0132. The van der Waals surface area contributed by atoms with Crippen molar-refractivity contribution in [2.24, 2.45) is 17.3 Å². The molecule has 2 aliphatic rings. The second-order valence-corrected chi connectivity index (χ2v) is 7.38. The lowest BCUT2D eigenvalue weighted by Crippen LogP contribution is -2.40. The molecule has 0 atom stereocenters. The van der Waals surface area contributed by atoms with E-state index in [0.29, 0.717) is 11.8 Å². The summed E-state index contributed by atoms with van der Waals surface area (Å²) in [5, 5.41) is 9.57. The van der Waals surface area contributed by atoms with Crippen LogP contribution in [0.4, 0.5) is 0 Å². The van der Waals surface area contributed by atoms with Crippen LogP contribution in [0.25, 0.3) is 0 Å². The van der Waals surface area contributed by atoms with Crippen LogP contribution in [0, 0.1) is 28.6 Å². The molecular formula is C19H33NO2. The van der Waals surface area contributed by atoms with Crippen LogP contribution >= 0.6 is 0 Å². The van der Waals surface area contributed by atoms with Gasteiger partial charge in [0.05, 0.1) is 24.7 Å². The highest BCUT2D eigenvalue weighted by Crippen LogP contribution is 2.44. The SMILES string of the molecule is CCCCC1COC(C2CCC(C#N)(CCCC)CC2)OC1. The molecule has 0 aromatic carbocycles. The van der Waals surface area contributed by atoms with E-state index < -0.39 is 0 Å². The third-order valence-corrected chi connectivity index (χ3v) is 5.58. The summed E-state index contributed by atoms with van der Waals surface area (Å²) in [6.45, 7) is 6.16. The standard InChI is InChI=1S/C19H33NO2/c1-3-5-7-16-13-21-18(22-14-16)17-8-11-19(15-20,12-9-17)10-6-4-2/h16-18H,3-14H2,1-2H3. The van der Waals surface area contributed by atoms with Gasteiger partial charge in [-0.25, -0.2) is 0 Å². The van der Waals surface area contributed by atoms with Crippen molar-refractivity contribution in [3.63, 3.8) is 0 Å². The zero-order valence-electron chi connectivity index (χ0n) is 14.5. The summed E-state index contributed by atoms with van der Waals surface area (Å²) in [5.74, 6) is 1.08. The first-order chi connectivity index (χ1) is 10.7. The number of nitrogens with zero attached hydrogens (tertiary/aromatic N) is 1. The largest absolute Gasteiger partial charge is 0.352 e. The van der Waals surface area contributed by atoms with Gasteiger partial charge >= 0.3 is 0 Å². The minimum atomic E-state index is -0.0646. The van der Waals surface area contributed by atoms with Gasteiger partial charge in [-0.15, -0.1) is 0 Å². The van der Waals surface area contributed by atoms with Crippen molar-refractivity contribution in [3.8, 4) is 6.07 Å². The number of rotatable bonds is 7. The van der Waals surface area contributed by atoms with Crippen LogP contribution in [-0.4, -0.2) is 19.5 Å². The molecule has 0 amide bonds. The van der Waals surface area contributed by atoms with E-state index in [4.69, 9.17) is 9.47 Å². The fourth-order valence-electron chi connectivity index (χ4n) is 3.89. The van der Waals surface area contributed by atoms with Crippen molar-refractivity contribution in [3.05, 3.63) is 0 Å². The van der Waals surface area contributed by atoms with Crippen molar-refractivity contribution in [2.45, 2.75) is 84.3 Å². The van der Waals surface area contributed by atoms with Crippen molar-refractivity contribution in [2.75, 3.05) is 13.2 Å². The molecule has 0 spiro atoms. The topological polar surface area (TPSA) is 42.2 Å². The van der Waals surface area contributed by atoms with E-state index in [-0.39, 0.29) is 11.7 Å². The summed E-state index contributed by atoms with van der Waals surface area (Å²) in [6.07, 6.45) is 11.4. The lowest BCUT2D eigenvalue weighted by molar-refractivity contribution is -0.231. The van der Waals surface area contributed by atoms with Crippen molar-refractivity contribution in [1.82, 2.24) is 0 Å². The molecule has 0 bridgehead atoms. The fraction of sp³-hybridized carbons (Fsp3) is 0.947. The molecule has 0 aromatic heterocycles. The van der Waals surface area contributed by atoms with Gasteiger partial charge in [-0.3, -0.25) is 0 Å². The second-order valence-electron chi connectivity index (χ2n) is 7.38. The predicted octanol–water partition coefficient (Wildman–Crippen LogP) is 5.06. The number of ether oxygens (including phenoxy) is 2. The second kappa shape index (κ2) is 8.89. The van der Waals surface area contributed by atoms with E-state index in [1.165, 1.54) is 32.1 Å². The highest BCUT2D eigenvalue weighted by molar-refractivity contribution is 5.01. The number of hydrogen-bond donors (Lipinski definition) is 0. The molecule has 0 N–H and O–H groups in total. The monoisotopic (exact) mass is 307 g/mol. The first-order valence-corrected chi connectivity index (χ1v) is 9.37. The van der Waals surface area contributed by atoms with E-state index in [0.717, 1.165) is 45.3 Å². The Bertz CT molecular complexity index is 347. The molecule has 126 valence electrons. The summed E-state index contributed by atoms with van der Waals surface area (Å²) < 4.78 is 12.0. The van der Waals surface area contributed by atoms with Gasteiger partial charge in [0.25, 0.3) is 0 Å². The molecule has 1 saturated carbocycles. The Hall–Kier alpha value is -0.590. The van der Waals surface area contributed by atoms with E-state index in [1.807, 2.05) is 0 Å². The maximum Gasteiger partial charge on any atom is 0.160 e. The number of nitriles is 1. The quantitative estimate of drug-likeness (QED) is 0.660. The number of unbranched alkanes of at least 4 members (excludes halogenated alkanes) is 2. The molecule has 22 heavy (non-hydrogen) atoms. The third-order valence-electron chi connectivity index (χ3n) is 5.58. The molecule has 1 heterocycles. The van der Waals surface area contributed by atoms with Gasteiger partial charge in [-0.05, 0) is 38.5 Å². The molecule has 1 aliphatic heterocycles. The Morgan fingerprint density at radius 3 is 2.23 bits per heavy atom. The Labute approximate surface area is 136 Å². The average molecular weight is 307 g/mol. The molecule has 1 saturated heterocycles. The highest BCUT2D eigenvalue weighted by Gasteiger charge is 2.39.